The molecule has 0 amide bonds. The van der Waals surface area contributed by atoms with Gasteiger partial charge in [0.05, 0.1) is 6.61 Å². The molecule has 25 heavy (non-hydrogen) atoms. The van der Waals surface area contributed by atoms with E-state index < -0.39 is 11.2 Å². The van der Waals surface area contributed by atoms with Crippen molar-refractivity contribution in [3.63, 3.8) is 0 Å². The first kappa shape index (κ1) is 18.8. The highest BCUT2D eigenvalue weighted by atomic mass is 32.2. The second kappa shape index (κ2) is 9.65. The normalized spacial score (nSPS) is 11.1. The molecule has 0 aromatic heterocycles. The van der Waals surface area contributed by atoms with E-state index in [1.807, 2.05) is 31.2 Å². The van der Waals surface area contributed by atoms with Gasteiger partial charge in [-0.05, 0) is 55.8 Å². The van der Waals surface area contributed by atoms with Crippen molar-refractivity contribution in [2.45, 2.75) is 24.0 Å². The molecule has 0 bridgehead atoms. The molecule has 1 atom stereocenters. The van der Waals surface area contributed by atoms with Gasteiger partial charge >= 0.3 is 5.97 Å². The first-order valence-electron chi connectivity index (χ1n) is 7.88. The topological polar surface area (TPSA) is 55.8 Å². The van der Waals surface area contributed by atoms with Gasteiger partial charge in [-0.2, -0.15) is 0 Å². The third-order valence-electron chi connectivity index (χ3n) is 3.28. The second-order valence-corrected chi connectivity index (χ2v) is 6.20. The Balaban J connectivity index is 2.07. The van der Waals surface area contributed by atoms with Crippen molar-refractivity contribution in [1.29, 1.82) is 0 Å². The minimum Gasteiger partial charge on any atom is -0.494 e. The Hall–Kier alpha value is -2.58. The molecule has 2 aromatic carbocycles. The van der Waals surface area contributed by atoms with Crippen LogP contribution in [0.2, 0.25) is 0 Å². The zero-order chi connectivity index (χ0) is 18.1. The van der Waals surface area contributed by atoms with E-state index in [-0.39, 0.29) is 0 Å². The van der Waals surface area contributed by atoms with E-state index in [9.17, 15) is 9.90 Å². The number of carbonyl (C=O) groups is 1. The van der Waals surface area contributed by atoms with Crippen molar-refractivity contribution in [1.82, 2.24) is 0 Å². The molecular weight excluding hydrogens is 336 g/mol. The summed E-state index contributed by atoms with van der Waals surface area (Å²) in [5.74, 6) is 6.15. The third kappa shape index (κ3) is 5.77. The molecule has 130 valence electrons. The first-order valence-corrected chi connectivity index (χ1v) is 8.76. The average molecular weight is 356 g/mol. The second-order valence-electron chi connectivity index (χ2n) is 5.03. The molecule has 0 aliphatic heterocycles. The molecule has 0 aliphatic rings. The first-order chi connectivity index (χ1) is 12.1. The predicted octanol–water partition coefficient (Wildman–Crippen LogP) is 4.41. The van der Waals surface area contributed by atoms with E-state index in [0.717, 1.165) is 16.2 Å². The fourth-order valence-corrected chi connectivity index (χ4v) is 3.07. The number of hydrogen-bond donors (Lipinski definition) is 1. The Morgan fingerprint density at radius 2 is 1.68 bits per heavy atom. The fourth-order valence-electron chi connectivity index (χ4n) is 2.11. The summed E-state index contributed by atoms with van der Waals surface area (Å²) >= 11 is 1.28. The summed E-state index contributed by atoms with van der Waals surface area (Å²) in [6, 6.07) is 14.5. The maximum atomic E-state index is 11.7. The molecular formula is C20H20O4S. The van der Waals surface area contributed by atoms with Crippen LogP contribution in [0.5, 0.6) is 11.5 Å². The minimum atomic E-state index is -0.882. The number of rotatable bonds is 8. The lowest BCUT2D eigenvalue weighted by Crippen LogP contribution is -2.08. The molecule has 5 heteroatoms. The molecule has 0 aliphatic carbocycles. The number of carboxylic acids is 1. The predicted molar refractivity (Wildman–Crippen MR) is 99.2 cm³/mol. The van der Waals surface area contributed by atoms with Crippen molar-refractivity contribution >= 4 is 17.7 Å². The highest BCUT2D eigenvalue weighted by Gasteiger charge is 2.21. The van der Waals surface area contributed by atoms with Gasteiger partial charge in [0.15, 0.2) is 0 Å². The van der Waals surface area contributed by atoms with Crippen LogP contribution < -0.4 is 9.47 Å². The maximum Gasteiger partial charge on any atom is 0.321 e. The lowest BCUT2D eigenvalue weighted by atomic mass is 10.1. The number of aliphatic carboxylic acids is 1. The Kier molecular flexibility index (Phi) is 7.24. The van der Waals surface area contributed by atoms with E-state index in [0.29, 0.717) is 19.0 Å². The molecule has 0 fully saturated rings. The molecule has 0 saturated heterocycles. The monoisotopic (exact) mass is 356 g/mol. The number of thioether (sulfide) groups is 1. The fraction of sp³-hybridized carbons (Fsp3) is 0.250. The minimum absolute atomic E-state index is 0.340. The molecule has 1 N–H and O–H groups in total. The summed E-state index contributed by atoms with van der Waals surface area (Å²) in [7, 11) is 0. The van der Waals surface area contributed by atoms with Crippen LogP contribution in [0.15, 0.2) is 53.4 Å². The third-order valence-corrected chi connectivity index (χ3v) is 4.54. The Morgan fingerprint density at radius 3 is 2.24 bits per heavy atom. The van der Waals surface area contributed by atoms with Gasteiger partial charge in [-0.25, -0.2) is 0 Å². The summed E-state index contributed by atoms with van der Waals surface area (Å²) in [4.78, 5) is 12.5. The van der Waals surface area contributed by atoms with E-state index in [1.165, 1.54) is 11.8 Å². The zero-order valence-electron chi connectivity index (χ0n) is 14.2. The highest BCUT2D eigenvalue weighted by Crippen LogP contribution is 2.36. The summed E-state index contributed by atoms with van der Waals surface area (Å²) in [5, 5.41) is 8.88. The molecule has 0 heterocycles. The van der Waals surface area contributed by atoms with Crippen LogP contribution in [0.1, 0.15) is 24.7 Å². The zero-order valence-corrected chi connectivity index (χ0v) is 15.0. The van der Waals surface area contributed by atoms with Gasteiger partial charge in [0, 0.05) is 4.90 Å². The van der Waals surface area contributed by atoms with Crippen molar-refractivity contribution in [2.24, 2.45) is 0 Å². The van der Waals surface area contributed by atoms with Gasteiger partial charge in [0.25, 0.3) is 0 Å². The van der Waals surface area contributed by atoms with E-state index >= 15 is 0 Å². The van der Waals surface area contributed by atoms with Crippen LogP contribution >= 0.6 is 11.8 Å². The summed E-state index contributed by atoms with van der Waals surface area (Å²) < 4.78 is 10.9. The van der Waals surface area contributed by atoms with Gasteiger partial charge < -0.3 is 14.6 Å². The van der Waals surface area contributed by atoms with Gasteiger partial charge in [0.2, 0.25) is 0 Å². The number of carboxylic acid groups (broad SMARTS) is 1. The lowest BCUT2D eigenvalue weighted by molar-refractivity contribution is -0.136. The van der Waals surface area contributed by atoms with Crippen LogP contribution in [0.3, 0.4) is 0 Å². The number of hydrogen-bond acceptors (Lipinski definition) is 4. The Bertz CT molecular complexity index is 742. The smallest absolute Gasteiger partial charge is 0.321 e. The molecule has 4 nitrogen and oxygen atoms in total. The van der Waals surface area contributed by atoms with Crippen molar-refractivity contribution < 1.29 is 19.4 Å². The van der Waals surface area contributed by atoms with Gasteiger partial charge in [-0.1, -0.05) is 18.1 Å². The lowest BCUT2D eigenvalue weighted by Gasteiger charge is -2.13. The number of ether oxygens (including phenoxy) is 2. The van der Waals surface area contributed by atoms with Crippen LogP contribution in [-0.2, 0) is 4.79 Å². The molecule has 1 unspecified atom stereocenters. The largest absolute Gasteiger partial charge is 0.494 e. The Morgan fingerprint density at radius 1 is 1.08 bits per heavy atom. The SMILES string of the molecule is CC#CCOc1ccc(SC(C(=O)O)c2ccc(OCC)cc2)cc1. The average Bonchev–Trinajstić information content (AvgIpc) is 2.62. The van der Waals surface area contributed by atoms with Gasteiger partial charge in [0.1, 0.15) is 23.4 Å². The molecule has 2 rings (SSSR count). The van der Waals surface area contributed by atoms with E-state index in [2.05, 4.69) is 11.8 Å². The van der Waals surface area contributed by atoms with E-state index in [4.69, 9.17) is 9.47 Å². The summed E-state index contributed by atoms with van der Waals surface area (Å²) in [5.41, 5.74) is 0.722. The molecule has 0 spiro atoms. The Labute approximate surface area is 152 Å². The molecule has 2 aromatic rings. The maximum absolute atomic E-state index is 11.7. The van der Waals surface area contributed by atoms with Crippen LogP contribution in [0, 0.1) is 11.8 Å². The van der Waals surface area contributed by atoms with Gasteiger partial charge in [-0.15, -0.1) is 17.7 Å². The quantitative estimate of drug-likeness (QED) is 0.561. The van der Waals surface area contributed by atoms with Crippen LogP contribution in [-0.4, -0.2) is 24.3 Å². The van der Waals surface area contributed by atoms with Crippen LogP contribution in [0.25, 0.3) is 0 Å². The molecule has 0 radical (unpaired) electrons. The summed E-state index contributed by atoms with van der Waals surface area (Å²) in [6.45, 7) is 4.59. The van der Waals surface area contributed by atoms with Crippen LogP contribution in [0.4, 0.5) is 0 Å². The number of benzene rings is 2. The standard InChI is InChI=1S/C20H20O4S/c1-3-5-14-24-17-10-12-18(13-11-17)25-19(20(21)22)15-6-8-16(9-7-15)23-4-2/h6-13,19H,4,14H2,1-2H3,(H,21,22). The van der Waals surface area contributed by atoms with E-state index in [1.54, 1.807) is 31.2 Å². The molecule has 0 saturated carbocycles. The highest BCUT2D eigenvalue weighted by molar-refractivity contribution is 8.00. The van der Waals surface area contributed by atoms with Crippen molar-refractivity contribution in [2.75, 3.05) is 13.2 Å². The summed E-state index contributed by atoms with van der Waals surface area (Å²) in [6.07, 6.45) is 0. The van der Waals surface area contributed by atoms with Crippen molar-refractivity contribution in [3.05, 3.63) is 54.1 Å². The van der Waals surface area contributed by atoms with Gasteiger partial charge in [-0.3, -0.25) is 4.79 Å². The van der Waals surface area contributed by atoms with Crippen molar-refractivity contribution in [3.8, 4) is 23.3 Å².